The Hall–Kier alpha value is -1.43. The normalized spacial score (nSPS) is 8.62. The van der Waals surface area contributed by atoms with Crippen molar-refractivity contribution in [3.63, 3.8) is 0 Å². The molecule has 0 aliphatic carbocycles. The molecule has 0 aliphatic heterocycles. The maximum Gasteiger partial charge on any atom is 0.240 e. The van der Waals surface area contributed by atoms with Gasteiger partial charge < -0.3 is 0 Å². The minimum Gasteiger partial charge on any atom is -0.211 e. The first-order valence-electron chi connectivity index (χ1n) is 3.48. The van der Waals surface area contributed by atoms with Gasteiger partial charge in [0.05, 0.1) is 17.3 Å². The van der Waals surface area contributed by atoms with Crippen LogP contribution < -0.4 is 0 Å². The van der Waals surface area contributed by atoms with E-state index in [0.717, 1.165) is 5.56 Å². The summed E-state index contributed by atoms with van der Waals surface area (Å²) >= 11 is 3.26. The van der Waals surface area contributed by atoms with Crippen molar-refractivity contribution in [2.75, 3.05) is 0 Å². The molecule has 64 valence electrons. The predicted octanol–water partition coefficient (Wildman–Crippen LogP) is 2.42. The van der Waals surface area contributed by atoms with Crippen LogP contribution in [-0.2, 0) is 10.1 Å². The fourth-order valence-corrected chi connectivity index (χ4v) is 1.26. The quantitative estimate of drug-likeness (QED) is 0.450. The van der Waals surface area contributed by atoms with Crippen molar-refractivity contribution in [3.05, 3.63) is 29.3 Å². The van der Waals surface area contributed by atoms with Gasteiger partial charge in [0.15, 0.2) is 0 Å². The first kappa shape index (κ1) is 9.66. The van der Waals surface area contributed by atoms with Crippen LogP contribution in [-0.4, -0.2) is 6.08 Å². The third kappa shape index (κ3) is 2.51. The number of halogens is 1. The fourth-order valence-electron chi connectivity index (χ4n) is 0.933. The molecule has 0 unspecified atom stereocenters. The molecule has 0 bridgehead atoms. The number of carbonyl (C=O) groups excluding carboxylic acids is 1. The lowest BCUT2D eigenvalue weighted by atomic mass is 10.1. The van der Waals surface area contributed by atoms with E-state index in [1.165, 1.54) is 12.1 Å². The Labute approximate surface area is 83.8 Å². The molecule has 0 fully saturated rings. The molecule has 1 aromatic rings. The van der Waals surface area contributed by atoms with E-state index in [0.29, 0.717) is 16.6 Å². The molecule has 0 aromatic heterocycles. The fraction of sp³-hybridized carbons (Fsp3) is 0.111. The van der Waals surface area contributed by atoms with Gasteiger partial charge in [-0.05, 0) is 23.8 Å². The van der Waals surface area contributed by atoms with Crippen LogP contribution in [0.25, 0.3) is 0 Å². The molecule has 13 heavy (non-hydrogen) atoms. The van der Waals surface area contributed by atoms with Crippen molar-refractivity contribution in [2.45, 2.75) is 5.33 Å². The molecule has 0 spiro atoms. The van der Waals surface area contributed by atoms with Crippen molar-refractivity contribution in [1.29, 1.82) is 5.26 Å². The van der Waals surface area contributed by atoms with E-state index in [-0.39, 0.29) is 0 Å². The van der Waals surface area contributed by atoms with Gasteiger partial charge in [0.25, 0.3) is 0 Å². The number of nitrogens with zero attached hydrogens (tertiary/aromatic N) is 2. The van der Waals surface area contributed by atoms with E-state index in [1.807, 2.05) is 6.07 Å². The summed E-state index contributed by atoms with van der Waals surface area (Å²) in [5, 5.41) is 9.27. The summed E-state index contributed by atoms with van der Waals surface area (Å²) in [6.45, 7) is 0. The summed E-state index contributed by atoms with van der Waals surface area (Å²) in [5.74, 6) is 0. The Kier molecular flexibility index (Phi) is 3.39. The molecule has 3 nitrogen and oxygen atoms in total. The van der Waals surface area contributed by atoms with Gasteiger partial charge in [-0.1, -0.05) is 15.9 Å². The summed E-state index contributed by atoms with van der Waals surface area (Å²) < 4.78 is 0. The van der Waals surface area contributed by atoms with Crippen LogP contribution in [0.5, 0.6) is 0 Å². The average Bonchev–Trinajstić information content (AvgIpc) is 2.17. The number of rotatable bonds is 2. The number of benzene rings is 1. The molecular weight excluding hydrogens is 232 g/mol. The van der Waals surface area contributed by atoms with Crippen LogP contribution in [0.2, 0.25) is 0 Å². The maximum absolute atomic E-state index is 9.99. The Bertz CT molecular complexity index is 403. The van der Waals surface area contributed by atoms with Crippen molar-refractivity contribution in [1.82, 2.24) is 0 Å². The lowest BCUT2D eigenvalue weighted by molar-refractivity contribution is 0.565. The van der Waals surface area contributed by atoms with Crippen molar-refractivity contribution in [3.8, 4) is 6.07 Å². The van der Waals surface area contributed by atoms with Crippen LogP contribution in [0.15, 0.2) is 23.2 Å². The molecule has 1 rings (SSSR count). The Morgan fingerprint density at radius 3 is 2.77 bits per heavy atom. The van der Waals surface area contributed by atoms with Gasteiger partial charge in [-0.3, -0.25) is 0 Å². The highest BCUT2D eigenvalue weighted by Gasteiger charge is 1.98. The monoisotopic (exact) mass is 236 g/mol. The smallest absolute Gasteiger partial charge is 0.211 e. The SMILES string of the molecule is N#Cc1cc(CBr)cc(N=C=O)c1. The molecule has 0 heterocycles. The third-order valence-corrected chi connectivity index (χ3v) is 2.08. The van der Waals surface area contributed by atoms with Gasteiger partial charge in [-0.15, -0.1) is 0 Å². The second-order valence-corrected chi connectivity index (χ2v) is 2.90. The zero-order valence-corrected chi connectivity index (χ0v) is 8.21. The molecule has 1 aromatic carbocycles. The highest BCUT2D eigenvalue weighted by Crippen LogP contribution is 2.18. The molecular formula is C9H5BrN2O. The lowest BCUT2D eigenvalue weighted by Gasteiger charge is -1.97. The maximum atomic E-state index is 9.99. The minimum absolute atomic E-state index is 0.462. The number of aliphatic imine (C=N–C) groups is 1. The first-order chi connectivity index (χ1) is 6.30. The summed E-state index contributed by atoms with van der Waals surface area (Å²) in [6.07, 6.45) is 1.44. The van der Waals surface area contributed by atoms with E-state index in [9.17, 15) is 4.79 Å². The van der Waals surface area contributed by atoms with E-state index in [1.54, 1.807) is 12.1 Å². The number of isocyanates is 1. The first-order valence-corrected chi connectivity index (χ1v) is 4.60. The van der Waals surface area contributed by atoms with E-state index < -0.39 is 0 Å². The van der Waals surface area contributed by atoms with Gasteiger partial charge in [0.1, 0.15) is 0 Å². The molecule has 0 radical (unpaired) electrons. The molecule has 4 heteroatoms. The number of hydrogen-bond acceptors (Lipinski definition) is 3. The molecule has 0 amide bonds. The van der Waals surface area contributed by atoms with Gasteiger partial charge in [-0.25, -0.2) is 4.79 Å². The lowest BCUT2D eigenvalue weighted by Crippen LogP contribution is -1.80. The Balaban J connectivity index is 3.24. The highest BCUT2D eigenvalue weighted by molar-refractivity contribution is 9.08. The Morgan fingerprint density at radius 1 is 1.46 bits per heavy atom. The summed E-state index contributed by atoms with van der Waals surface area (Å²) in [5.41, 5.74) is 1.86. The van der Waals surface area contributed by atoms with E-state index in [4.69, 9.17) is 5.26 Å². The van der Waals surface area contributed by atoms with Gasteiger partial charge in [0, 0.05) is 5.33 Å². The zero-order valence-electron chi connectivity index (χ0n) is 6.62. The van der Waals surface area contributed by atoms with E-state index >= 15 is 0 Å². The van der Waals surface area contributed by atoms with Gasteiger partial charge >= 0.3 is 0 Å². The number of nitriles is 1. The van der Waals surface area contributed by atoms with Gasteiger partial charge in [-0.2, -0.15) is 10.3 Å². The topological polar surface area (TPSA) is 53.2 Å². The summed E-state index contributed by atoms with van der Waals surface area (Å²) in [7, 11) is 0. The van der Waals surface area contributed by atoms with Crippen molar-refractivity contribution >= 4 is 27.7 Å². The van der Waals surface area contributed by atoms with Crippen LogP contribution in [0.4, 0.5) is 5.69 Å². The molecule has 0 aliphatic rings. The second-order valence-electron chi connectivity index (χ2n) is 2.34. The van der Waals surface area contributed by atoms with E-state index in [2.05, 4.69) is 20.9 Å². The summed E-state index contributed by atoms with van der Waals surface area (Å²) in [4.78, 5) is 13.4. The average molecular weight is 237 g/mol. The number of alkyl halides is 1. The van der Waals surface area contributed by atoms with Gasteiger partial charge in [0.2, 0.25) is 6.08 Å². The standard InChI is InChI=1S/C9H5BrN2O/c10-4-7-1-8(5-11)3-9(2-7)12-6-13/h1-3H,4H2. The molecule has 0 saturated carbocycles. The minimum atomic E-state index is 0.462. The van der Waals surface area contributed by atoms with Crippen molar-refractivity contribution < 1.29 is 4.79 Å². The van der Waals surface area contributed by atoms with Crippen LogP contribution in [0.1, 0.15) is 11.1 Å². The zero-order chi connectivity index (χ0) is 9.68. The van der Waals surface area contributed by atoms with Crippen LogP contribution in [0.3, 0.4) is 0 Å². The van der Waals surface area contributed by atoms with Crippen molar-refractivity contribution in [2.24, 2.45) is 4.99 Å². The third-order valence-electron chi connectivity index (χ3n) is 1.44. The largest absolute Gasteiger partial charge is 0.240 e. The summed E-state index contributed by atoms with van der Waals surface area (Å²) in [6, 6.07) is 6.99. The second kappa shape index (κ2) is 4.56. The molecule has 0 atom stereocenters. The molecule has 0 N–H and O–H groups in total. The van der Waals surface area contributed by atoms with Crippen LogP contribution >= 0.6 is 15.9 Å². The Morgan fingerprint density at radius 2 is 2.23 bits per heavy atom. The highest BCUT2D eigenvalue weighted by atomic mass is 79.9. The van der Waals surface area contributed by atoms with Crippen LogP contribution in [0, 0.1) is 11.3 Å². The molecule has 0 saturated heterocycles. The number of hydrogen-bond donors (Lipinski definition) is 0. The predicted molar refractivity (Wildman–Crippen MR) is 51.6 cm³/mol.